The van der Waals surface area contributed by atoms with Crippen LogP contribution in [0.15, 0.2) is 12.4 Å². The highest BCUT2D eigenvalue weighted by Crippen LogP contribution is 2.24. The van der Waals surface area contributed by atoms with E-state index in [0.29, 0.717) is 18.5 Å². The normalized spacial score (nSPS) is 24.8. The van der Waals surface area contributed by atoms with E-state index in [-0.39, 0.29) is 6.04 Å². The van der Waals surface area contributed by atoms with Crippen LogP contribution in [0.25, 0.3) is 0 Å². The molecule has 0 amide bonds. The monoisotopic (exact) mass is 222 g/mol. The molecule has 1 aliphatic heterocycles. The van der Waals surface area contributed by atoms with E-state index in [1.165, 1.54) is 6.33 Å². The summed E-state index contributed by atoms with van der Waals surface area (Å²) >= 11 is 0. The molecule has 1 aromatic heterocycles. The number of ether oxygens (including phenoxy) is 1. The van der Waals surface area contributed by atoms with Crippen LogP contribution < -0.4 is 15.4 Å². The Balaban J connectivity index is 2.17. The van der Waals surface area contributed by atoms with Gasteiger partial charge in [0.15, 0.2) is 0 Å². The fourth-order valence-corrected chi connectivity index (χ4v) is 2.00. The molecule has 0 spiro atoms. The number of aromatic nitrogens is 2. The van der Waals surface area contributed by atoms with Gasteiger partial charge >= 0.3 is 0 Å². The van der Waals surface area contributed by atoms with Crippen LogP contribution in [-0.2, 0) is 0 Å². The summed E-state index contributed by atoms with van der Waals surface area (Å²) in [5.41, 5.74) is 5.99. The fraction of sp³-hybridized carbons (Fsp3) is 0.636. The Bertz CT molecular complexity index is 358. The minimum absolute atomic E-state index is 0.227. The van der Waals surface area contributed by atoms with Gasteiger partial charge in [0.1, 0.15) is 12.1 Å². The summed E-state index contributed by atoms with van der Waals surface area (Å²) < 4.78 is 5.36. The highest BCUT2D eigenvalue weighted by Gasteiger charge is 2.28. The zero-order chi connectivity index (χ0) is 11.5. The van der Waals surface area contributed by atoms with E-state index in [2.05, 4.69) is 21.8 Å². The SMILES string of the molecule is CCOc1cc(N2CCC(N)C2C)ncn1. The molecule has 5 nitrogen and oxygen atoms in total. The lowest BCUT2D eigenvalue weighted by Gasteiger charge is -2.24. The van der Waals surface area contributed by atoms with Crippen LogP contribution in [0.4, 0.5) is 5.82 Å². The standard InChI is InChI=1S/C11H18N4O/c1-3-16-11-6-10(13-7-14-11)15-5-4-9(12)8(15)2/h6-9H,3-5,12H2,1-2H3. The first-order valence-electron chi connectivity index (χ1n) is 5.69. The summed E-state index contributed by atoms with van der Waals surface area (Å²) in [5.74, 6) is 1.53. The van der Waals surface area contributed by atoms with E-state index in [4.69, 9.17) is 10.5 Å². The van der Waals surface area contributed by atoms with Gasteiger partial charge in [0.05, 0.1) is 6.61 Å². The van der Waals surface area contributed by atoms with Gasteiger partial charge in [0, 0.05) is 24.7 Å². The van der Waals surface area contributed by atoms with Crippen molar-refractivity contribution in [2.45, 2.75) is 32.4 Å². The number of nitrogens with zero attached hydrogens (tertiary/aromatic N) is 3. The molecule has 2 N–H and O–H groups in total. The molecule has 0 aliphatic carbocycles. The zero-order valence-corrected chi connectivity index (χ0v) is 9.76. The third-order valence-corrected chi connectivity index (χ3v) is 3.03. The first kappa shape index (κ1) is 11.1. The Morgan fingerprint density at radius 2 is 2.38 bits per heavy atom. The number of anilines is 1. The van der Waals surface area contributed by atoms with Gasteiger partial charge in [0.25, 0.3) is 0 Å². The first-order valence-corrected chi connectivity index (χ1v) is 5.69. The maximum atomic E-state index is 5.99. The van der Waals surface area contributed by atoms with E-state index in [9.17, 15) is 0 Å². The fourth-order valence-electron chi connectivity index (χ4n) is 2.00. The second-order valence-corrected chi connectivity index (χ2v) is 4.03. The van der Waals surface area contributed by atoms with Crippen LogP contribution in [-0.4, -0.2) is 35.2 Å². The predicted octanol–water partition coefficient (Wildman–Crippen LogP) is 0.801. The van der Waals surface area contributed by atoms with Crippen molar-refractivity contribution in [1.82, 2.24) is 9.97 Å². The molecule has 16 heavy (non-hydrogen) atoms. The third kappa shape index (κ3) is 2.09. The molecular weight excluding hydrogens is 204 g/mol. The molecule has 88 valence electrons. The summed E-state index contributed by atoms with van der Waals surface area (Å²) in [6, 6.07) is 2.42. The van der Waals surface area contributed by atoms with Crippen molar-refractivity contribution in [1.29, 1.82) is 0 Å². The van der Waals surface area contributed by atoms with E-state index in [0.717, 1.165) is 18.8 Å². The van der Waals surface area contributed by atoms with Crippen LogP contribution in [0.3, 0.4) is 0 Å². The number of rotatable bonds is 3. The smallest absolute Gasteiger partial charge is 0.218 e. The topological polar surface area (TPSA) is 64.3 Å². The Kier molecular flexibility index (Phi) is 3.24. The largest absolute Gasteiger partial charge is 0.478 e. The van der Waals surface area contributed by atoms with Crippen molar-refractivity contribution in [3.63, 3.8) is 0 Å². The summed E-state index contributed by atoms with van der Waals surface area (Å²) in [5, 5.41) is 0. The van der Waals surface area contributed by atoms with Crippen LogP contribution in [0.2, 0.25) is 0 Å². The minimum Gasteiger partial charge on any atom is -0.478 e. The van der Waals surface area contributed by atoms with Crippen molar-refractivity contribution < 1.29 is 4.74 Å². The highest BCUT2D eigenvalue weighted by atomic mass is 16.5. The zero-order valence-electron chi connectivity index (χ0n) is 9.76. The van der Waals surface area contributed by atoms with E-state index in [1.54, 1.807) is 0 Å². The Labute approximate surface area is 95.6 Å². The molecule has 0 saturated carbocycles. The van der Waals surface area contributed by atoms with Crippen LogP contribution in [0.1, 0.15) is 20.3 Å². The van der Waals surface area contributed by atoms with E-state index >= 15 is 0 Å². The quantitative estimate of drug-likeness (QED) is 0.819. The molecule has 2 atom stereocenters. The Morgan fingerprint density at radius 3 is 3.00 bits per heavy atom. The molecule has 1 fully saturated rings. The summed E-state index contributed by atoms with van der Waals surface area (Å²) in [6.45, 7) is 5.63. The van der Waals surface area contributed by atoms with Gasteiger partial charge in [-0.3, -0.25) is 0 Å². The highest BCUT2D eigenvalue weighted by molar-refractivity contribution is 5.43. The molecule has 5 heteroatoms. The lowest BCUT2D eigenvalue weighted by atomic mass is 10.2. The molecule has 1 aromatic rings. The average molecular weight is 222 g/mol. The van der Waals surface area contributed by atoms with E-state index < -0.39 is 0 Å². The third-order valence-electron chi connectivity index (χ3n) is 3.03. The van der Waals surface area contributed by atoms with Gasteiger partial charge in [-0.1, -0.05) is 0 Å². The Morgan fingerprint density at radius 1 is 1.56 bits per heavy atom. The van der Waals surface area contributed by atoms with Gasteiger partial charge in [0.2, 0.25) is 5.88 Å². The maximum absolute atomic E-state index is 5.99. The summed E-state index contributed by atoms with van der Waals surface area (Å²) in [6.07, 6.45) is 2.55. The predicted molar refractivity (Wildman–Crippen MR) is 62.6 cm³/mol. The van der Waals surface area contributed by atoms with Crippen LogP contribution in [0, 0.1) is 0 Å². The number of hydrogen-bond donors (Lipinski definition) is 1. The van der Waals surface area contributed by atoms with Gasteiger partial charge in [-0.25, -0.2) is 9.97 Å². The van der Waals surface area contributed by atoms with Crippen molar-refractivity contribution in [3.05, 3.63) is 12.4 Å². The molecule has 1 saturated heterocycles. The molecule has 0 radical (unpaired) electrons. The second-order valence-electron chi connectivity index (χ2n) is 4.03. The van der Waals surface area contributed by atoms with Crippen LogP contribution in [0.5, 0.6) is 5.88 Å². The second kappa shape index (κ2) is 4.65. The number of nitrogens with two attached hydrogens (primary N) is 1. The van der Waals surface area contributed by atoms with Crippen LogP contribution >= 0.6 is 0 Å². The molecule has 2 rings (SSSR count). The van der Waals surface area contributed by atoms with Gasteiger partial charge in [-0.2, -0.15) is 0 Å². The van der Waals surface area contributed by atoms with Crippen molar-refractivity contribution in [3.8, 4) is 5.88 Å². The number of hydrogen-bond acceptors (Lipinski definition) is 5. The van der Waals surface area contributed by atoms with Crippen molar-refractivity contribution >= 4 is 5.82 Å². The van der Waals surface area contributed by atoms with Crippen molar-refractivity contribution in [2.75, 3.05) is 18.1 Å². The molecule has 2 unspecified atom stereocenters. The minimum atomic E-state index is 0.227. The average Bonchev–Trinajstić information content (AvgIpc) is 2.61. The summed E-state index contributed by atoms with van der Waals surface area (Å²) in [4.78, 5) is 10.5. The molecule has 0 aromatic carbocycles. The lowest BCUT2D eigenvalue weighted by molar-refractivity contribution is 0.326. The summed E-state index contributed by atoms with van der Waals surface area (Å²) in [7, 11) is 0. The molecular formula is C11H18N4O. The van der Waals surface area contributed by atoms with Crippen molar-refractivity contribution in [2.24, 2.45) is 5.73 Å². The maximum Gasteiger partial charge on any atom is 0.218 e. The Hall–Kier alpha value is -1.36. The van der Waals surface area contributed by atoms with E-state index in [1.807, 2.05) is 13.0 Å². The van der Waals surface area contributed by atoms with Gasteiger partial charge in [-0.05, 0) is 20.3 Å². The molecule has 1 aliphatic rings. The lowest BCUT2D eigenvalue weighted by Crippen LogP contribution is -2.37. The van der Waals surface area contributed by atoms with Gasteiger partial charge in [-0.15, -0.1) is 0 Å². The van der Waals surface area contributed by atoms with Gasteiger partial charge < -0.3 is 15.4 Å². The molecule has 2 heterocycles. The first-order chi connectivity index (χ1) is 7.72. The molecule has 0 bridgehead atoms.